The van der Waals surface area contributed by atoms with E-state index in [0.29, 0.717) is 23.4 Å². The van der Waals surface area contributed by atoms with E-state index in [1.54, 1.807) is 0 Å². The third kappa shape index (κ3) is 0.837. The van der Waals surface area contributed by atoms with Crippen molar-refractivity contribution < 1.29 is 9.59 Å². The Morgan fingerprint density at radius 1 is 0.722 bits per heavy atom. The van der Waals surface area contributed by atoms with Crippen molar-refractivity contribution in [1.29, 1.82) is 0 Å². The zero-order chi connectivity index (χ0) is 12.0. The normalized spacial score (nSPS) is 50.4. The molecular formula is C16H14O2. The predicted octanol–water partition coefficient (Wildman–Crippen LogP) is 2.08. The summed E-state index contributed by atoms with van der Waals surface area (Å²) in [6.45, 7) is 0. The van der Waals surface area contributed by atoms with E-state index in [9.17, 15) is 9.59 Å². The van der Waals surface area contributed by atoms with E-state index in [-0.39, 0.29) is 23.7 Å². The number of ketones is 2. The zero-order valence-corrected chi connectivity index (χ0v) is 10.0. The fourth-order valence-electron chi connectivity index (χ4n) is 5.05. The molecule has 6 atom stereocenters. The van der Waals surface area contributed by atoms with Gasteiger partial charge in [0.1, 0.15) is 0 Å². The molecule has 0 aromatic carbocycles. The third-order valence-electron chi connectivity index (χ3n) is 5.71. The number of hydrogen-bond donors (Lipinski definition) is 0. The molecule has 1 saturated carbocycles. The smallest absolute Gasteiger partial charge is 0.164 e. The van der Waals surface area contributed by atoms with Crippen LogP contribution in [0, 0.1) is 35.5 Å². The van der Waals surface area contributed by atoms with Crippen LogP contribution < -0.4 is 0 Å². The van der Waals surface area contributed by atoms with Gasteiger partial charge in [-0.3, -0.25) is 9.59 Å². The molecule has 1 fully saturated rings. The van der Waals surface area contributed by atoms with Crippen LogP contribution in [0.4, 0.5) is 0 Å². The van der Waals surface area contributed by atoms with Crippen molar-refractivity contribution >= 4 is 11.6 Å². The van der Waals surface area contributed by atoms with Crippen LogP contribution in [0.3, 0.4) is 0 Å². The number of carbonyl (C=O) groups excluding carboxylic acids is 2. The van der Waals surface area contributed by atoms with Gasteiger partial charge in [0.2, 0.25) is 0 Å². The van der Waals surface area contributed by atoms with Crippen LogP contribution in [0.25, 0.3) is 0 Å². The van der Waals surface area contributed by atoms with Gasteiger partial charge in [-0.2, -0.15) is 0 Å². The molecule has 0 unspecified atom stereocenters. The molecule has 0 heterocycles. The van der Waals surface area contributed by atoms with Gasteiger partial charge in [0.15, 0.2) is 11.6 Å². The first-order valence-corrected chi connectivity index (χ1v) is 6.95. The first-order chi connectivity index (χ1) is 8.75. The highest BCUT2D eigenvalue weighted by atomic mass is 16.1. The molecule has 5 aliphatic rings. The van der Waals surface area contributed by atoms with Crippen molar-refractivity contribution in [3.8, 4) is 0 Å². The summed E-state index contributed by atoms with van der Waals surface area (Å²) in [4.78, 5) is 25.5. The molecule has 5 rings (SSSR count). The zero-order valence-electron chi connectivity index (χ0n) is 10.0. The van der Waals surface area contributed by atoms with Crippen molar-refractivity contribution in [3.05, 3.63) is 35.5 Å². The van der Waals surface area contributed by atoms with Crippen LogP contribution in [-0.2, 0) is 9.59 Å². The lowest BCUT2D eigenvalue weighted by molar-refractivity contribution is -0.131. The predicted molar refractivity (Wildman–Crippen MR) is 65.5 cm³/mol. The summed E-state index contributed by atoms with van der Waals surface area (Å²) in [5.41, 5.74) is 1.80. The van der Waals surface area contributed by atoms with Crippen LogP contribution >= 0.6 is 0 Å². The van der Waals surface area contributed by atoms with E-state index >= 15 is 0 Å². The second-order valence-electron chi connectivity index (χ2n) is 6.39. The number of Topliss-reactive ketones (excluding diaryl/α,β-unsaturated/α-hetero) is 2. The molecule has 0 aliphatic heterocycles. The van der Waals surface area contributed by atoms with Crippen LogP contribution in [-0.4, -0.2) is 11.6 Å². The lowest BCUT2D eigenvalue weighted by Crippen LogP contribution is -2.41. The summed E-state index contributed by atoms with van der Waals surface area (Å²) < 4.78 is 0. The SMILES string of the molecule is O=C1C2=C(C(=O)[C@H]3[C@@H]1[C@H]1C=C[C@@H]3C1)[C@H]1C=C[C@@H]2C1. The molecule has 4 bridgehead atoms. The highest BCUT2D eigenvalue weighted by Crippen LogP contribution is 2.57. The Labute approximate surface area is 105 Å². The molecule has 0 aromatic heterocycles. The monoisotopic (exact) mass is 238 g/mol. The number of fused-ring (bicyclic) bond motifs is 9. The molecule has 90 valence electrons. The Hall–Kier alpha value is -1.44. The Bertz CT molecular complexity index is 542. The van der Waals surface area contributed by atoms with Crippen molar-refractivity contribution in [2.45, 2.75) is 12.8 Å². The summed E-state index contributed by atoms with van der Waals surface area (Å²) in [5.74, 6) is 1.78. The summed E-state index contributed by atoms with van der Waals surface area (Å²) in [6.07, 6.45) is 10.6. The van der Waals surface area contributed by atoms with Gasteiger partial charge in [-0.1, -0.05) is 24.3 Å². The summed E-state index contributed by atoms with van der Waals surface area (Å²) in [6, 6.07) is 0. The molecule has 0 amide bonds. The minimum absolute atomic E-state index is 0.0148. The van der Waals surface area contributed by atoms with E-state index < -0.39 is 0 Å². The largest absolute Gasteiger partial charge is 0.294 e. The number of allylic oxidation sites excluding steroid dienone is 6. The van der Waals surface area contributed by atoms with Crippen LogP contribution in [0.2, 0.25) is 0 Å². The Kier molecular flexibility index (Phi) is 1.46. The van der Waals surface area contributed by atoms with Gasteiger partial charge < -0.3 is 0 Å². The second-order valence-corrected chi connectivity index (χ2v) is 6.39. The van der Waals surface area contributed by atoms with Crippen molar-refractivity contribution in [2.24, 2.45) is 35.5 Å². The van der Waals surface area contributed by atoms with Crippen molar-refractivity contribution in [1.82, 2.24) is 0 Å². The first-order valence-electron chi connectivity index (χ1n) is 6.95. The average molecular weight is 238 g/mol. The Morgan fingerprint density at radius 2 is 1.22 bits per heavy atom. The highest BCUT2D eigenvalue weighted by molar-refractivity contribution is 6.16. The molecule has 0 spiro atoms. The van der Waals surface area contributed by atoms with E-state index in [2.05, 4.69) is 24.3 Å². The fourth-order valence-corrected chi connectivity index (χ4v) is 5.05. The van der Waals surface area contributed by atoms with Gasteiger partial charge in [-0.05, 0) is 24.7 Å². The molecule has 0 saturated heterocycles. The Morgan fingerprint density at radius 3 is 1.72 bits per heavy atom. The quantitative estimate of drug-likeness (QED) is 0.605. The van der Waals surface area contributed by atoms with E-state index in [1.165, 1.54) is 0 Å². The van der Waals surface area contributed by atoms with Gasteiger partial charge >= 0.3 is 0 Å². The van der Waals surface area contributed by atoms with Gasteiger partial charge in [0, 0.05) is 34.8 Å². The van der Waals surface area contributed by atoms with Gasteiger partial charge in [-0.25, -0.2) is 0 Å². The van der Waals surface area contributed by atoms with Gasteiger partial charge in [0.05, 0.1) is 0 Å². The molecule has 2 nitrogen and oxygen atoms in total. The van der Waals surface area contributed by atoms with Crippen molar-refractivity contribution in [3.63, 3.8) is 0 Å². The summed E-state index contributed by atoms with van der Waals surface area (Å²) in [7, 11) is 0. The molecule has 18 heavy (non-hydrogen) atoms. The van der Waals surface area contributed by atoms with Crippen LogP contribution in [0.5, 0.6) is 0 Å². The van der Waals surface area contributed by atoms with E-state index in [0.717, 1.165) is 24.0 Å². The molecule has 0 aromatic rings. The first kappa shape index (κ1) is 9.48. The van der Waals surface area contributed by atoms with Crippen LogP contribution in [0.1, 0.15) is 12.8 Å². The lowest BCUT2D eigenvalue weighted by atomic mass is 9.67. The molecule has 2 heteroatoms. The van der Waals surface area contributed by atoms with E-state index in [1.807, 2.05) is 0 Å². The minimum Gasteiger partial charge on any atom is -0.294 e. The fraction of sp³-hybridized carbons (Fsp3) is 0.500. The third-order valence-corrected chi connectivity index (χ3v) is 5.71. The van der Waals surface area contributed by atoms with Crippen molar-refractivity contribution in [2.75, 3.05) is 0 Å². The Balaban J connectivity index is 1.71. The molecule has 5 aliphatic carbocycles. The second kappa shape index (κ2) is 2.76. The average Bonchev–Trinajstić information content (AvgIpc) is 3.10. The number of rotatable bonds is 0. The number of hydrogen-bond acceptors (Lipinski definition) is 2. The maximum absolute atomic E-state index is 12.7. The maximum atomic E-state index is 12.7. The maximum Gasteiger partial charge on any atom is 0.164 e. The minimum atomic E-state index is -0.0148. The lowest BCUT2D eigenvalue weighted by Gasteiger charge is -2.33. The standard InChI is InChI=1S/C16H14O2/c17-15-11-7-1-2-8(5-7)12(11)16(18)14-10-4-3-9(6-10)13(14)15/h1-4,7-12H,5-6H2/t7-,8+,9+,10-,11-,12+. The molecular weight excluding hydrogens is 224 g/mol. The number of carbonyl (C=O) groups is 2. The van der Waals surface area contributed by atoms with Gasteiger partial charge in [-0.15, -0.1) is 0 Å². The summed E-state index contributed by atoms with van der Waals surface area (Å²) in [5, 5.41) is 0. The molecule has 0 radical (unpaired) electrons. The highest BCUT2D eigenvalue weighted by Gasteiger charge is 2.58. The van der Waals surface area contributed by atoms with Crippen LogP contribution in [0.15, 0.2) is 35.5 Å². The van der Waals surface area contributed by atoms with Gasteiger partial charge in [0.25, 0.3) is 0 Å². The topological polar surface area (TPSA) is 34.1 Å². The summed E-state index contributed by atoms with van der Waals surface area (Å²) >= 11 is 0. The molecule has 0 N–H and O–H groups in total. The van der Waals surface area contributed by atoms with E-state index in [4.69, 9.17) is 0 Å².